The molecule has 84 valence electrons. The largest absolute Gasteiger partial charge is 0.340 e. The van der Waals surface area contributed by atoms with Gasteiger partial charge in [0.1, 0.15) is 0 Å². The molecule has 0 saturated heterocycles. The third-order valence-electron chi connectivity index (χ3n) is 1.93. The van der Waals surface area contributed by atoms with Gasteiger partial charge in [-0.05, 0) is 45.0 Å². The highest BCUT2D eigenvalue weighted by atomic mass is 79.9. The molecule has 1 N–H and O–H groups in total. The maximum Gasteiger partial charge on any atom is 0.255 e. The first-order valence-electron chi connectivity index (χ1n) is 4.41. The third-order valence-corrected chi connectivity index (χ3v) is 4.27. The van der Waals surface area contributed by atoms with Crippen molar-refractivity contribution in [1.29, 1.82) is 0 Å². The molecular formula is C9H12Br2N2OS. The molecule has 0 aliphatic rings. The molecule has 3 nitrogen and oxygen atoms in total. The third kappa shape index (κ3) is 3.55. The van der Waals surface area contributed by atoms with Crippen LogP contribution in [0.1, 0.15) is 10.4 Å². The average Bonchev–Trinajstić information content (AvgIpc) is 2.53. The van der Waals surface area contributed by atoms with Gasteiger partial charge in [-0.25, -0.2) is 0 Å². The first-order valence-corrected chi connectivity index (χ1v) is 6.81. The van der Waals surface area contributed by atoms with Crippen LogP contribution in [0.25, 0.3) is 0 Å². The number of hydrogen-bond donors (Lipinski definition) is 1. The number of hydrogen-bond acceptors (Lipinski definition) is 3. The lowest BCUT2D eigenvalue weighted by Gasteiger charge is -2.16. The number of nitrogens with zero attached hydrogens (tertiary/aromatic N) is 1. The van der Waals surface area contributed by atoms with E-state index in [0.717, 1.165) is 14.1 Å². The highest BCUT2D eigenvalue weighted by Gasteiger charge is 2.16. The molecular weight excluding hydrogens is 344 g/mol. The predicted octanol–water partition coefficient (Wildman–Crippen LogP) is 2.56. The second kappa shape index (κ2) is 5.98. The lowest BCUT2D eigenvalue weighted by Crippen LogP contribution is -2.32. The molecule has 1 aromatic rings. The van der Waals surface area contributed by atoms with Crippen LogP contribution in [0.15, 0.2) is 13.6 Å². The number of amides is 1. The Morgan fingerprint density at radius 3 is 2.73 bits per heavy atom. The number of thiophene rings is 1. The summed E-state index contributed by atoms with van der Waals surface area (Å²) in [6, 6.07) is 1.84. The SMILES string of the molecule is CNCCN(C)C(=O)c1cc(Br)sc1Br. The molecule has 0 aliphatic carbocycles. The fraction of sp³-hybridized carbons (Fsp3) is 0.444. The normalized spacial score (nSPS) is 10.4. The number of carbonyl (C=O) groups is 1. The summed E-state index contributed by atoms with van der Waals surface area (Å²) in [7, 11) is 3.67. The van der Waals surface area contributed by atoms with Gasteiger partial charge in [0.2, 0.25) is 0 Å². The quantitative estimate of drug-likeness (QED) is 0.900. The Hall–Kier alpha value is 0.0900. The predicted molar refractivity (Wildman–Crippen MR) is 70.6 cm³/mol. The van der Waals surface area contributed by atoms with Crippen molar-refractivity contribution >= 4 is 49.1 Å². The van der Waals surface area contributed by atoms with Gasteiger partial charge in [-0.3, -0.25) is 4.79 Å². The molecule has 1 rings (SSSR count). The maximum absolute atomic E-state index is 11.9. The van der Waals surface area contributed by atoms with E-state index in [-0.39, 0.29) is 5.91 Å². The minimum Gasteiger partial charge on any atom is -0.340 e. The number of carbonyl (C=O) groups excluding carboxylic acids is 1. The molecule has 0 unspecified atom stereocenters. The summed E-state index contributed by atoms with van der Waals surface area (Å²) in [6.07, 6.45) is 0. The van der Waals surface area contributed by atoms with Crippen molar-refractivity contribution in [3.05, 3.63) is 19.2 Å². The summed E-state index contributed by atoms with van der Waals surface area (Å²) in [6.45, 7) is 1.50. The monoisotopic (exact) mass is 354 g/mol. The van der Waals surface area contributed by atoms with Crippen molar-refractivity contribution in [3.63, 3.8) is 0 Å². The van der Waals surface area contributed by atoms with E-state index in [1.807, 2.05) is 13.1 Å². The minimum atomic E-state index is 0.0408. The van der Waals surface area contributed by atoms with Crippen LogP contribution in [0.2, 0.25) is 0 Å². The average molecular weight is 356 g/mol. The van der Waals surface area contributed by atoms with E-state index in [4.69, 9.17) is 0 Å². The highest BCUT2D eigenvalue weighted by Crippen LogP contribution is 2.32. The van der Waals surface area contributed by atoms with Gasteiger partial charge in [0.05, 0.1) is 13.1 Å². The second-order valence-corrected chi connectivity index (χ2v) is 6.82. The molecule has 1 amide bonds. The van der Waals surface area contributed by atoms with Crippen molar-refractivity contribution in [3.8, 4) is 0 Å². The van der Waals surface area contributed by atoms with E-state index in [0.29, 0.717) is 12.1 Å². The Labute approximate surface area is 110 Å². The standard InChI is InChI=1S/C9H12Br2N2OS/c1-12-3-4-13(2)9(14)6-5-7(10)15-8(6)11/h5,12H,3-4H2,1-2H3. The van der Waals surface area contributed by atoms with E-state index in [1.165, 1.54) is 11.3 Å². The second-order valence-electron chi connectivity index (χ2n) is 3.07. The van der Waals surface area contributed by atoms with Gasteiger partial charge < -0.3 is 10.2 Å². The zero-order chi connectivity index (χ0) is 11.4. The number of rotatable bonds is 4. The fourth-order valence-electron chi connectivity index (χ4n) is 1.07. The van der Waals surface area contributed by atoms with Crippen molar-refractivity contribution < 1.29 is 4.79 Å². The van der Waals surface area contributed by atoms with Crippen LogP contribution in [0.5, 0.6) is 0 Å². The van der Waals surface area contributed by atoms with Crippen LogP contribution in [-0.2, 0) is 0 Å². The topological polar surface area (TPSA) is 32.3 Å². The molecule has 6 heteroatoms. The zero-order valence-corrected chi connectivity index (χ0v) is 12.5. The van der Waals surface area contributed by atoms with E-state index in [1.54, 1.807) is 11.9 Å². The molecule has 0 radical (unpaired) electrons. The zero-order valence-electron chi connectivity index (χ0n) is 8.51. The van der Waals surface area contributed by atoms with Crippen LogP contribution < -0.4 is 5.32 Å². The summed E-state index contributed by atoms with van der Waals surface area (Å²) >= 11 is 8.25. The van der Waals surface area contributed by atoms with E-state index in [9.17, 15) is 4.79 Å². The van der Waals surface area contributed by atoms with Crippen molar-refractivity contribution in [1.82, 2.24) is 10.2 Å². The lowest BCUT2D eigenvalue weighted by atomic mass is 10.3. The Kier molecular flexibility index (Phi) is 5.25. The molecule has 0 spiro atoms. The van der Waals surface area contributed by atoms with Gasteiger partial charge in [-0.2, -0.15) is 0 Å². The van der Waals surface area contributed by atoms with Crippen LogP contribution in [0.3, 0.4) is 0 Å². The number of halogens is 2. The molecule has 0 saturated carbocycles. The first kappa shape index (κ1) is 13.2. The minimum absolute atomic E-state index is 0.0408. The molecule has 1 aromatic heterocycles. The lowest BCUT2D eigenvalue weighted by molar-refractivity contribution is 0.0796. The smallest absolute Gasteiger partial charge is 0.255 e. The van der Waals surface area contributed by atoms with Crippen molar-refractivity contribution in [2.75, 3.05) is 27.2 Å². The summed E-state index contributed by atoms with van der Waals surface area (Å²) < 4.78 is 1.83. The Morgan fingerprint density at radius 1 is 1.60 bits per heavy atom. The molecule has 15 heavy (non-hydrogen) atoms. The van der Waals surface area contributed by atoms with Gasteiger partial charge in [0, 0.05) is 20.1 Å². The first-order chi connectivity index (χ1) is 7.06. The van der Waals surface area contributed by atoms with Crippen molar-refractivity contribution in [2.45, 2.75) is 0 Å². The number of likely N-dealkylation sites (N-methyl/N-ethyl adjacent to an activating group) is 2. The fourth-order valence-corrected chi connectivity index (χ4v) is 3.85. The highest BCUT2D eigenvalue weighted by molar-refractivity contribution is 9.12. The van der Waals surface area contributed by atoms with E-state index in [2.05, 4.69) is 37.2 Å². The molecule has 0 atom stereocenters. The van der Waals surface area contributed by atoms with Gasteiger partial charge in [-0.1, -0.05) is 0 Å². The van der Waals surface area contributed by atoms with Gasteiger partial charge in [0.25, 0.3) is 5.91 Å². The molecule has 0 fully saturated rings. The van der Waals surface area contributed by atoms with Gasteiger partial charge >= 0.3 is 0 Å². The summed E-state index contributed by atoms with van der Waals surface area (Å²) in [5, 5.41) is 3.01. The molecule has 0 aromatic carbocycles. The molecule has 1 heterocycles. The molecule has 0 aliphatic heterocycles. The molecule has 0 bridgehead atoms. The summed E-state index contributed by atoms with van der Waals surface area (Å²) in [5.41, 5.74) is 0.713. The van der Waals surface area contributed by atoms with Gasteiger partial charge in [-0.15, -0.1) is 11.3 Å². The van der Waals surface area contributed by atoms with Crippen LogP contribution in [0, 0.1) is 0 Å². The van der Waals surface area contributed by atoms with Crippen molar-refractivity contribution in [2.24, 2.45) is 0 Å². The Morgan fingerprint density at radius 2 is 2.27 bits per heavy atom. The summed E-state index contributed by atoms with van der Waals surface area (Å²) in [5.74, 6) is 0.0408. The van der Waals surface area contributed by atoms with Crippen LogP contribution in [-0.4, -0.2) is 38.0 Å². The Bertz CT molecular complexity index is 354. The van der Waals surface area contributed by atoms with E-state index < -0.39 is 0 Å². The van der Waals surface area contributed by atoms with Gasteiger partial charge in [0.15, 0.2) is 0 Å². The maximum atomic E-state index is 11.9. The Balaban J connectivity index is 2.71. The van der Waals surface area contributed by atoms with Crippen LogP contribution in [0.4, 0.5) is 0 Å². The number of nitrogens with one attached hydrogen (secondary N) is 1. The van der Waals surface area contributed by atoms with E-state index >= 15 is 0 Å². The van der Waals surface area contributed by atoms with Crippen LogP contribution >= 0.6 is 43.2 Å². The summed E-state index contributed by atoms with van der Waals surface area (Å²) in [4.78, 5) is 13.6.